The van der Waals surface area contributed by atoms with Crippen LogP contribution in [0.1, 0.15) is 36.2 Å². The number of guanidine groups is 1. The summed E-state index contributed by atoms with van der Waals surface area (Å²) in [5.41, 5.74) is 3.73. The van der Waals surface area contributed by atoms with E-state index in [4.69, 9.17) is 9.47 Å². The molecule has 36 heavy (non-hydrogen) atoms. The van der Waals surface area contributed by atoms with E-state index in [2.05, 4.69) is 15.3 Å². The fourth-order valence-electron chi connectivity index (χ4n) is 4.03. The molecule has 0 saturated carbocycles. The summed E-state index contributed by atoms with van der Waals surface area (Å²) in [6.07, 6.45) is 6.14. The first-order valence-corrected chi connectivity index (χ1v) is 11.7. The molecule has 0 bridgehead atoms. The lowest BCUT2D eigenvalue weighted by Crippen LogP contribution is -2.35. The molecule has 0 radical (unpaired) electrons. The lowest BCUT2D eigenvalue weighted by molar-refractivity contribution is -0.123. The predicted octanol–water partition coefficient (Wildman–Crippen LogP) is 4.25. The third kappa shape index (κ3) is 5.46. The van der Waals surface area contributed by atoms with Gasteiger partial charge in [-0.25, -0.2) is 9.37 Å². The minimum absolute atomic E-state index is 0.217. The number of aliphatic imine (C=N–C) groups is 1. The summed E-state index contributed by atoms with van der Waals surface area (Å²) < 4.78 is 26.1. The van der Waals surface area contributed by atoms with Gasteiger partial charge in [0.15, 0.2) is 0 Å². The molecule has 8 nitrogen and oxygen atoms in total. The third-order valence-electron chi connectivity index (χ3n) is 5.94. The largest absolute Gasteiger partial charge is 0.495 e. The second-order valence-corrected chi connectivity index (χ2v) is 8.49. The molecule has 1 saturated heterocycles. The first-order valence-electron chi connectivity index (χ1n) is 11.7. The number of hydrogen-bond acceptors (Lipinski definition) is 5. The standard InChI is InChI=1S/C27H30FN5O3/c1-18-16-32(17-30-18)24-11-6-20(15-25(24)36-4)14-23-26(34)33(27(31-23)29-12-5-13-35-3)19(2)21-7-9-22(28)10-8-21/h6-11,14-17,19H,5,12-13H2,1-4H3,(H,29,31)/b23-14-/t19-/m0/s1. The number of methoxy groups -OCH3 is 2. The van der Waals surface area contributed by atoms with Crippen LogP contribution in [0.2, 0.25) is 0 Å². The van der Waals surface area contributed by atoms with Crippen molar-refractivity contribution >= 4 is 17.9 Å². The summed E-state index contributed by atoms with van der Waals surface area (Å²) in [6, 6.07) is 11.5. The Bertz CT molecular complexity index is 1280. The van der Waals surface area contributed by atoms with Crippen LogP contribution in [0.3, 0.4) is 0 Å². The maximum Gasteiger partial charge on any atom is 0.277 e. The topological polar surface area (TPSA) is 81.0 Å². The van der Waals surface area contributed by atoms with Crippen molar-refractivity contribution < 1.29 is 18.7 Å². The smallest absolute Gasteiger partial charge is 0.277 e. The molecule has 1 N–H and O–H groups in total. The minimum atomic E-state index is -0.348. The van der Waals surface area contributed by atoms with Gasteiger partial charge in [-0.1, -0.05) is 18.2 Å². The Labute approximate surface area is 210 Å². The van der Waals surface area contributed by atoms with Gasteiger partial charge >= 0.3 is 0 Å². The Balaban J connectivity index is 1.65. The first kappa shape index (κ1) is 25.1. The SMILES string of the molecule is COCCC/N=C1\N/C(=C\c2ccc(-n3cnc(C)c3)c(OC)c2)C(=O)N1[C@@H](C)c1ccc(F)cc1. The lowest BCUT2D eigenvalue weighted by Gasteiger charge is -2.24. The number of ether oxygens (including phenoxy) is 2. The van der Waals surface area contributed by atoms with E-state index in [9.17, 15) is 9.18 Å². The van der Waals surface area contributed by atoms with Crippen molar-refractivity contribution in [3.8, 4) is 11.4 Å². The zero-order chi connectivity index (χ0) is 25.7. The van der Waals surface area contributed by atoms with Crippen LogP contribution in [-0.2, 0) is 9.53 Å². The fraction of sp³-hybridized carbons (Fsp3) is 0.296. The molecule has 3 aromatic rings. The van der Waals surface area contributed by atoms with Crippen LogP contribution in [0, 0.1) is 12.7 Å². The number of carbonyl (C=O) groups is 1. The highest BCUT2D eigenvalue weighted by Gasteiger charge is 2.36. The molecule has 1 amide bonds. The van der Waals surface area contributed by atoms with Gasteiger partial charge in [0.1, 0.15) is 17.3 Å². The molecule has 1 aliphatic heterocycles. The highest BCUT2D eigenvalue weighted by molar-refractivity contribution is 6.15. The van der Waals surface area contributed by atoms with E-state index in [1.54, 1.807) is 43.7 Å². The Kier molecular flexibility index (Phi) is 7.80. The summed E-state index contributed by atoms with van der Waals surface area (Å²) in [6.45, 7) is 4.89. The maximum atomic E-state index is 13.5. The summed E-state index contributed by atoms with van der Waals surface area (Å²) in [7, 11) is 3.25. The molecule has 2 aromatic carbocycles. The Morgan fingerprint density at radius 3 is 2.64 bits per heavy atom. The number of carbonyl (C=O) groups excluding carboxylic acids is 1. The monoisotopic (exact) mass is 491 g/mol. The number of nitrogens with one attached hydrogen (secondary N) is 1. The molecule has 1 aromatic heterocycles. The van der Waals surface area contributed by atoms with Crippen LogP contribution < -0.4 is 10.1 Å². The maximum absolute atomic E-state index is 13.5. The van der Waals surface area contributed by atoms with Gasteiger partial charge in [-0.3, -0.25) is 14.7 Å². The van der Waals surface area contributed by atoms with Crippen LogP contribution in [0.15, 0.2) is 65.7 Å². The van der Waals surface area contributed by atoms with Crippen LogP contribution in [0.25, 0.3) is 11.8 Å². The van der Waals surface area contributed by atoms with Gasteiger partial charge in [0, 0.05) is 26.5 Å². The van der Waals surface area contributed by atoms with E-state index in [1.165, 1.54) is 12.1 Å². The average Bonchev–Trinajstić information content (AvgIpc) is 3.44. The third-order valence-corrected chi connectivity index (χ3v) is 5.94. The zero-order valence-electron chi connectivity index (χ0n) is 20.9. The van der Waals surface area contributed by atoms with E-state index in [1.807, 2.05) is 42.8 Å². The number of aryl methyl sites for hydroxylation is 1. The highest BCUT2D eigenvalue weighted by atomic mass is 19.1. The van der Waals surface area contributed by atoms with Crippen molar-refractivity contribution in [3.63, 3.8) is 0 Å². The van der Waals surface area contributed by atoms with Crippen molar-refractivity contribution in [2.75, 3.05) is 27.4 Å². The van der Waals surface area contributed by atoms with Crippen molar-refractivity contribution in [2.45, 2.75) is 26.3 Å². The van der Waals surface area contributed by atoms with Gasteiger partial charge in [-0.15, -0.1) is 0 Å². The molecule has 1 atom stereocenters. The molecule has 0 spiro atoms. The van der Waals surface area contributed by atoms with Gasteiger partial charge in [-0.2, -0.15) is 0 Å². The number of imidazole rings is 1. The Hall–Kier alpha value is -3.98. The van der Waals surface area contributed by atoms with Crippen LogP contribution >= 0.6 is 0 Å². The van der Waals surface area contributed by atoms with Gasteiger partial charge in [0.2, 0.25) is 5.96 Å². The molecular formula is C27H30FN5O3. The van der Waals surface area contributed by atoms with E-state index in [0.717, 1.165) is 28.9 Å². The van der Waals surface area contributed by atoms with E-state index in [0.29, 0.717) is 30.6 Å². The number of benzene rings is 2. The van der Waals surface area contributed by atoms with Gasteiger partial charge in [0.25, 0.3) is 5.91 Å². The van der Waals surface area contributed by atoms with Gasteiger partial charge < -0.3 is 19.4 Å². The van der Waals surface area contributed by atoms with Crippen LogP contribution in [-0.4, -0.2) is 53.7 Å². The first-order chi connectivity index (χ1) is 17.4. The molecule has 1 fully saturated rings. The van der Waals surface area contributed by atoms with E-state index < -0.39 is 0 Å². The molecule has 9 heteroatoms. The molecule has 1 aliphatic rings. The van der Waals surface area contributed by atoms with Crippen molar-refractivity contribution in [1.29, 1.82) is 0 Å². The number of halogens is 1. The fourth-order valence-corrected chi connectivity index (χ4v) is 4.03. The normalized spacial score (nSPS) is 16.6. The molecule has 0 aliphatic carbocycles. The summed E-state index contributed by atoms with van der Waals surface area (Å²) in [5, 5.41) is 3.18. The number of aromatic nitrogens is 2. The molecular weight excluding hydrogens is 461 g/mol. The zero-order valence-corrected chi connectivity index (χ0v) is 20.9. The average molecular weight is 492 g/mol. The molecule has 0 unspecified atom stereocenters. The van der Waals surface area contributed by atoms with Gasteiger partial charge in [0.05, 0.1) is 30.9 Å². The predicted molar refractivity (Wildman–Crippen MR) is 136 cm³/mol. The number of hydrogen-bond donors (Lipinski definition) is 1. The molecule has 188 valence electrons. The highest BCUT2D eigenvalue weighted by Crippen LogP contribution is 2.29. The van der Waals surface area contributed by atoms with Crippen molar-refractivity contribution in [3.05, 3.63) is 83.3 Å². The number of amides is 1. The second-order valence-electron chi connectivity index (χ2n) is 8.49. The van der Waals surface area contributed by atoms with Crippen LogP contribution in [0.4, 0.5) is 4.39 Å². The molecule has 2 heterocycles. The Morgan fingerprint density at radius 2 is 1.97 bits per heavy atom. The summed E-state index contributed by atoms with van der Waals surface area (Å²) >= 11 is 0. The lowest BCUT2D eigenvalue weighted by atomic mass is 10.1. The van der Waals surface area contributed by atoms with E-state index >= 15 is 0 Å². The van der Waals surface area contributed by atoms with Crippen molar-refractivity contribution in [2.24, 2.45) is 4.99 Å². The van der Waals surface area contributed by atoms with E-state index in [-0.39, 0.29) is 17.8 Å². The van der Waals surface area contributed by atoms with Gasteiger partial charge in [-0.05, 0) is 61.7 Å². The number of rotatable bonds is 9. The summed E-state index contributed by atoms with van der Waals surface area (Å²) in [5.74, 6) is 0.563. The quantitative estimate of drug-likeness (QED) is 0.358. The van der Waals surface area contributed by atoms with Crippen molar-refractivity contribution in [1.82, 2.24) is 19.8 Å². The number of nitrogens with zero attached hydrogens (tertiary/aromatic N) is 4. The summed E-state index contributed by atoms with van der Waals surface area (Å²) in [4.78, 5) is 24.0. The second kappa shape index (κ2) is 11.2. The van der Waals surface area contributed by atoms with Crippen LogP contribution in [0.5, 0.6) is 5.75 Å². The Morgan fingerprint density at radius 1 is 1.19 bits per heavy atom. The minimum Gasteiger partial charge on any atom is -0.495 e. The molecule has 4 rings (SSSR count).